The number of fused-ring (bicyclic) bond motifs is 1. The molecule has 0 spiro atoms. The fraction of sp³-hybridized carbons (Fsp3) is 0.0625. The molecule has 0 unspecified atom stereocenters. The summed E-state index contributed by atoms with van der Waals surface area (Å²) in [6.45, 7) is 0. The number of aromatic amines is 1. The Hall–Kier alpha value is -3.15. The Bertz CT molecular complexity index is 902. The van der Waals surface area contributed by atoms with Crippen molar-refractivity contribution in [2.75, 3.05) is 12.4 Å². The van der Waals surface area contributed by atoms with E-state index in [4.69, 9.17) is 4.74 Å². The van der Waals surface area contributed by atoms with Crippen LogP contribution in [0.15, 0.2) is 53.3 Å². The molecule has 3 aromatic rings. The summed E-state index contributed by atoms with van der Waals surface area (Å²) in [6.07, 6.45) is 0. The van der Waals surface area contributed by atoms with Gasteiger partial charge >= 0.3 is 0 Å². The van der Waals surface area contributed by atoms with Crippen molar-refractivity contribution in [1.29, 1.82) is 0 Å². The standard InChI is InChI=1S/C16H13N3O3/c1-22-13-9-5-4-8-12(13)17-16(21)14-15(20)10-6-2-3-7-11(10)18-19-14/h2-9H,1H3,(H,17,21)(H,18,20). The molecule has 6 nitrogen and oxygen atoms in total. The van der Waals surface area contributed by atoms with Gasteiger partial charge in [-0.25, -0.2) is 0 Å². The van der Waals surface area contributed by atoms with E-state index in [1.54, 1.807) is 48.5 Å². The lowest BCUT2D eigenvalue weighted by atomic mass is 10.2. The molecule has 22 heavy (non-hydrogen) atoms. The monoisotopic (exact) mass is 295 g/mol. The van der Waals surface area contributed by atoms with Crippen molar-refractivity contribution in [3.63, 3.8) is 0 Å². The maximum atomic E-state index is 12.3. The van der Waals surface area contributed by atoms with Gasteiger partial charge in [0, 0.05) is 5.39 Å². The van der Waals surface area contributed by atoms with Crippen molar-refractivity contribution in [1.82, 2.24) is 10.2 Å². The van der Waals surface area contributed by atoms with Crippen molar-refractivity contribution < 1.29 is 9.53 Å². The summed E-state index contributed by atoms with van der Waals surface area (Å²) in [6, 6.07) is 13.8. The lowest BCUT2D eigenvalue weighted by Crippen LogP contribution is -2.24. The van der Waals surface area contributed by atoms with E-state index < -0.39 is 11.3 Å². The van der Waals surface area contributed by atoms with Crippen LogP contribution < -0.4 is 15.5 Å². The first-order valence-electron chi connectivity index (χ1n) is 6.62. The molecular weight excluding hydrogens is 282 g/mol. The molecule has 1 amide bonds. The van der Waals surface area contributed by atoms with Crippen LogP contribution in [0.25, 0.3) is 10.9 Å². The Balaban J connectivity index is 1.99. The second kappa shape index (κ2) is 5.69. The lowest BCUT2D eigenvalue weighted by molar-refractivity contribution is 0.102. The number of rotatable bonds is 3. The molecule has 3 rings (SSSR count). The highest BCUT2D eigenvalue weighted by Crippen LogP contribution is 2.23. The molecule has 0 saturated heterocycles. The topological polar surface area (TPSA) is 84.1 Å². The van der Waals surface area contributed by atoms with Crippen LogP contribution in [0.2, 0.25) is 0 Å². The summed E-state index contributed by atoms with van der Waals surface area (Å²) >= 11 is 0. The number of carbonyl (C=O) groups excluding carboxylic acids is 1. The summed E-state index contributed by atoms with van der Waals surface area (Å²) in [5, 5.41) is 9.64. The van der Waals surface area contributed by atoms with Gasteiger partial charge in [-0.1, -0.05) is 24.3 Å². The van der Waals surface area contributed by atoms with Crippen molar-refractivity contribution >= 4 is 22.5 Å². The van der Waals surface area contributed by atoms with Gasteiger partial charge in [0.15, 0.2) is 5.69 Å². The first kappa shape index (κ1) is 13.8. The van der Waals surface area contributed by atoms with E-state index in [2.05, 4.69) is 15.5 Å². The van der Waals surface area contributed by atoms with E-state index in [9.17, 15) is 9.59 Å². The van der Waals surface area contributed by atoms with Gasteiger partial charge in [0.05, 0.1) is 18.3 Å². The average Bonchev–Trinajstić information content (AvgIpc) is 2.56. The summed E-state index contributed by atoms with van der Waals surface area (Å²) in [5.41, 5.74) is 0.456. The lowest BCUT2D eigenvalue weighted by Gasteiger charge is -2.09. The molecule has 110 valence electrons. The molecule has 0 fully saturated rings. The van der Waals surface area contributed by atoms with Gasteiger partial charge in [0.2, 0.25) is 5.43 Å². The number of nitrogens with zero attached hydrogens (tertiary/aromatic N) is 1. The number of para-hydroxylation sites is 3. The number of H-pyrrole nitrogens is 1. The highest BCUT2D eigenvalue weighted by molar-refractivity contribution is 6.04. The Kier molecular flexibility index (Phi) is 3.57. The van der Waals surface area contributed by atoms with E-state index >= 15 is 0 Å². The number of nitrogens with one attached hydrogen (secondary N) is 2. The SMILES string of the molecule is COc1ccccc1NC(=O)c1n[nH]c2ccccc2c1=O. The zero-order chi connectivity index (χ0) is 15.5. The number of benzene rings is 2. The van der Waals surface area contributed by atoms with Crippen LogP contribution in [-0.2, 0) is 0 Å². The number of carbonyl (C=O) groups is 1. The Labute approximate surface area is 125 Å². The molecule has 2 N–H and O–H groups in total. The quantitative estimate of drug-likeness (QED) is 0.775. The maximum Gasteiger partial charge on any atom is 0.280 e. The molecule has 0 bridgehead atoms. The summed E-state index contributed by atoms with van der Waals surface area (Å²) in [7, 11) is 1.51. The molecule has 1 aromatic heterocycles. The number of hydrogen-bond donors (Lipinski definition) is 2. The second-order valence-corrected chi connectivity index (χ2v) is 4.60. The Morgan fingerprint density at radius 3 is 2.68 bits per heavy atom. The predicted molar refractivity (Wildman–Crippen MR) is 83.3 cm³/mol. The fourth-order valence-electron chi connectivity index (χ4n) is 2.16. The molecule has 0 aliphatic heterocycles. The van der Waals surface area contributed by atoms with Gasteiger partial charge in [0.25, 0.3) is 5.91 Å². The third-order valence-electron chi connectivity index (χ3n) is 3.25. The number of hydrogen-bond acceptors (Lipinski definition) is 4. The van der Waals surface area contributed by atoms with Crippen molar-refractivity contribution in [3.8, 4) is 5.75 Å². The van der Waals surface area contributed by atoms with Crippen LogP contribution >= 0.6 is 0 Å². The molecule has 1 heterocycles. The second-order valence-electron chi connectivity index (χ2n) is 4.60. The van der Waals surface area contributed by atoms with Gasteiger partial charge in [-0.05, 0) is 24.3 Å². The first-order valence-corrected chi connectivity index (χ1v) is 6.62. The molecule has 0 saturated carbocycles. The Morgan fingerprint density at radius 2 is 1.86 bits per heavy atom. The number of ether oxygens (including phenoxy) is 1. The minimum absolute atomic E-state index is 0.190. The van der Waals surface area contributed by atoms with E-state index in [-0.39, 0.29) is 5.69 Å². The molecule has 0 atom stereocenters. The minimum atomic E-state index is -0.587. The highest BCUT2D eigenvalue weighted by atomic mass is 16.5. The first-order chi connectivity index (χ1) is 10.7. The van der Waals surface area contributed by atoms with E-state index in [1.807, 2.05) is 0 Å². The number of aromatic nitrogens is 2. The third-order valence-corrected chi connectivity index (χ3v) is 3.25. The summed E-state index contributed by atoms with van der Waals surface area (Å²) in [4.78, 5) is 24.6. The molecule has 0 aliphatic rings. The number of amides is 1. The van der Waals surface area contributed by atoms with Crippen LogP contribution in [-0.4, -0.2) is 23.2 Å². The average molecular weight is 295 g/mol. The normalized spacial score (nSPS) is 10.4. The largest absolute Gasteiger partial charge is 0.495 e. The molecular formula is C16H13N3O3. The van der Waals surface area contributed by atoms with E-state index in [0.29, 0.717) is 22.3 Å². The van der Waals surface area contributed by atoms with Crippen LogP contribution in [0.4, 0.5) is 5.69 Å². The fourth-order valence-corrected chi connectivity index (χ4v) is 2.16. The predicted octanol–water partition coefficient (Wildman–Crippen LogP) is 2.18. The molecule has 0 radical (unpaired) electrons. The smallest absolute Gasteiger partial charge is 0.280 e. The summed E-state index contributed by atoms with van der Waals surface area (Å²) < 4.78 is 5.16. The van der Waals surface area contributed by atoms with Crippen molar-refractivity contribution in [2.24, 2.45) is 0 Å². The Morgan fingerprint density at radius 1 is 1.14 bits per heavy atom. The zero-order valence-corrected chi connectivity index (χ0v) is 11.8. The van der Waals surface area contributed by atoms with Crippen LogP contribution in [0, 0.1) is 0 Å². The van der Waals surface area contributed by atoms with Gasteiger partial charge in [-0.3, -0.25) is 14.7 Å². The summed E-state index contributed by atoms with van der Waals surface area (Å²) in [5.74, 6) is -0.0791. The number of methoxy groups -OCH3 is 1. The minimum Gasteiger partial charge on any atom is -0.495 e. The highest BCUT2D eigenvalue weighted by Gasteiger charge is 2.16. The molecule has 0 aliphatic carbocycles. The molecule has 6 heteroatoms. The third kappa shape index (κ3) is 2.42. The van der Waals surface area contributed by atoms with E-state index in [0.717, 1.165) is 0 Å². The van der Waals surface area contributed by atoms with Gasteiger partial charge in [0.1, 0.15) is 5.75 Å². The van der Waals surface area contributed by atoms with E-state index in [1.165, 1.54) is 7.11 Å². The molecule has 2 aromatic carbocycles. The van der Waals surface area contributed by atoms with Crippen LogP contribution in [0.5, 0.6) is 5.75 Å². The van der Waals surface area contributed by atoms with Crippen molar-refractivity contribution in [2.45, 2.75) is 0 Å². The van der Waals surface area contributed by atoms with Gasteiger partial charge in [-0.15, -0.1) is 0 Å². The van der Waals surface area contributed by atoms with Gasteiger partial charge in [-0.2, -0.15) is 5.10 Å². The number of anilines is 1. The van der Waals surface area contributed by atoms with Crippen molar-refractivity contribution in [3.05, 3.63) is 64.4 Å². The van der Waals surface area contributed by atoms with Crippen LogP contribution in [0.1, 0.15) is 10.5 Å². The van der Waals surface area contributed by atoms with Gasteiger partial charge < -0.3 is 10.1 Å². The van der Waals surface area contributed by atoms with Crippen LogP contribution in [0.3, 0.4) is 0 Å². The maximum absolute atomic E-state index is 12.3. The zero-order valence-electron chi connectivity index (χ0n) is 11.8.